The highest BCUT2D eigenvalue weighted by molar-refractivity contribution is 9.23. The lowest BCUT2D eigenvalue weighted by Gasteiger charge is -2.00. The molecule has 0 atom stereocenters. The van der Waals surface area contributed by atoms with Gasteiger partial charge in [-0.05, 0) is 18.2 Å². The molecule has 0 spiro atoms. The normalized spacial score (nSPS) is 10.7. The van der Waals surface area contributed by atoms with Gasteiger partial charge in [0.15, 0.2) is 0 Å². The maximum absolute atomic E-state index is 5.05. The Bertz CT molecular complexity index is 210. The standard InChI is InChI=1S/C8H11BrOSi/c1-10-8-4-2-7(3-5-8)6-11-9/h2-5H,6,11H2,1H3. The third kappa shape index (κ3) is 2.67. The topological polar surface area (TPSA) is 9.23 Å². The van der Waals surface area contributed by atoms with Crippen LogP contribution in [0.25, 0.3) is 0 Å². The summed E-state index contributed by atoms with van der Waals surface area (Å²) in [6.45, 7) is 0. The van der Waals surface area contributed by atoms with E-state index < -0.39 is 0 Å². The van der Waals surface area contributed by atoms with Crippen molar-refractivity contribution < 1.29 is 4.74 Å². The van der Waals surface area contributed by atoms with Gasteiger partial charge in [-0.15, -0.1) is 15.3 Å². The SMILES string of the molecule is COc1ccc(C[SiH2]Br)cc1. The number of rotatable bonds is 3. The molecule has 1 nitrogen and oxygen atoms in total. The second-order valence-electron chi connectivity index (χ2n) is 2.29. The summed E-state index contributed by atoms with van der Waals surface area (Å²) in [6.07, 6.45) is 0. The molecule has 1 rings (SSSR count). The van der Waals surface area contributed by atoms with Crippen LogP contribution < -0.4 is 4.74 Å². The zero-order valence-electron chi connectivity index (χ0n) is 6.51. The maximum atomic E-state index is 5.05. The van der Waals surface area contributed by atoms with Crippen molar-refractivity contribution in [1.82, 2.24) is 0 Å². The summed E-state index contributed by atoms with van der Waals surface area (Å²) in [5.74, 6) is 0.935. The summed E-state index contributed by atoms with van der Waals surface area (Å²) >= 11 is 3.53. The number of halogens is 1. The third-order valence-corrected chi connectivity index (χ3v) is 3.50. The van der Waals surface area contributed by atoms with Gasteiger partial charge in [-0.25, -0.2) is 0 Å². The molecule has 11 heavy (non-hydrogen) atoms. The molecule has 0 aromatic heterocycles. The lowest BCUT2D eigenvalue weighted by atomic mass is 10.2. The van der Waals surface area contributed by atoms with Crippen LogP contribution in [0.5, 0.6) is 5.75 Å². The van der Waals surface area contributed by atoms with E-state index in [1.54, 1.807) is 7.11 Å². The Morgan fingerprint density at radius 1 is 1.36 bits per heavy atom. The minimum absolute atomic E-state index is 0.0312. The quantitative estimate of drug-likeness (QED) is 0.568. The second kappa shape index (κ2) is 4.57. The Hall–Kier alpha value is -0.283. The molecule has 0 saturated heterocycles. The Morgan fingerprint density at radius 2 is 2.00 bits per heavy atom. The van der Waals surface area contributed by atoms with Gasteiger partial charge in [0.25, 0.3) is 0 Å². The Labute approximate surface area is 77.2 Å². The summed E-state index contributed by atoms with van der Waals surface area (Å²) in [4.78, 5) is 0. The van der Waals surface area contributed by atoms with E-state index >= 15 is 0 Å². The molecule has 0 saturated carbocycles. The van der Waals surface area contributed by atoms with Crippen LogP contribution in [0.4, 0.5) is 0 Å². The molecular weight excluding hydrogens is 220 g/mol. The van der Waals surface area contributed by atoms with Crippen molar-refractivity contribution in [2.24, 2.45) is 0 Å². The number of ether oxygens (including phenoxy) is 1. The van der Waals surface area contributed by atoms with Crippen LogP contribution in [0.1, 0.15) is 5.56 Å². The van der Waals surface area contributed by atoms with E-state index in [1.165, 1.54) is 11.6 Å². The first-order valence-electron chi connectivity index (χ1n) is 3.55. The van der Waals surface area contributed by atoms with E-state index in [-0.39, 0.29) is 8.14 Å². The van der Waals surface area contributed by atoms with E-state index in [2.05, 4.69) is 27.4 Å². The summed E-state index contributed by atoms with van der Waals surface area (Å²) in [6, 6.07) is 9.46. The van der Waals surface area contributed by atoms with Crippen molar-refractivity contribution in [3.63, 3.8) is 0 Å². The van der Waals surface area contributed by atoms with Gasteiger partial charge in [0, 0.05) is 0 Å². The van der Waals surface area contributed by atoms with Crippen LogP contribution in [0.3, 0.4) is 0 Å². The molecule has 0 aliphatic carbocycles. The molecule has 0 unspecified atom stereocenters. The van der Waals surface area contributed by atoms with Crippen molar-refractivity contribution in [3.8, 4) is 5.75 Å². The molecule has 1 aromatic rings. The molecule has 60 valence electrons. The summed E-state index contributed by atoms with van der Waals surface area (Å²) in [5.41, 5.74) is 1.40. The van der Waals surface area contributed by atoms with Gasteiger partial charge in [-0.3, -0.25) is 0 Å². The summed E-state index contributed by atoms with van der Waals surface area (Å²) in [7, 11) is 1.66. The Balaban J connectivity index is 2.66. The van der Waals surface area contributed by atoms with E-state index in [0.717, 1.165) is 5.75 Å². The first kappa shape index (κ1) is 8.81. The molecule has 1 aromatic carbocycles. The smallest absolute Gasteiger partial charge is 0.118 e. The minimum atomic E-state index is -0.0312. The number of methoxy groups -OCH3 is 1. The number of hydrogen-bond donors (Lipinski definition) is 0. The van der Waals surface area contributed by atoms with Crippen molar-refractivity contribution in [1.29, 1.82) is 0 Å². The molecule has 0 aliphatic heterocycles. The fourth-order valence-corrected chi connectivity index (χ4v) is 2.83. The molecule has 0 heterocycles. The zero-order valence-corrected chi connectivity index (χ0v) is 9.51. The van der Waals surface area contributed by atoms with Gasteiger partial charge in [0.2, 0.25) is 0 Å². The van der Waals surface area contributed by atoms with Crippen molar-refractivity contribution in [2.45, 2.75) is 6.04 Å². The lowest BCUT2D eigenvalue weighted by Crippen LogP contribution is -1.88. The molecule has 0 fully saturated rings. The maximum Gasteiger partial charge on any atom is 0.118 e. The fourth-order valence-electron chi connectivity index (χ4n) is 0.901. The average Bonchev–Trinajstić information content (AvgIpc) is 2.07. The highest BCUT2D eigenvalue weighted by Gasteiger charge is 1.92. The minimum Gasteiger partial charge on any atom is -0.497 e. The van der Waals surface area contributed by atoms with E-state index in [4.69, 9.17) is 4.74 Å². The molecule has 0 bridgehead atoms. The van der Waals surface area contributed by atoms with E-state index in [1.807, 2.05) is 12.1 Å². The second-order valence-corrected chi connectivity index (χ2v) is 5.54. The van der Waals surface area contributed by atoms with Crippen LogP contribution in [0, 0.1) is 0 Å². The van der Waals surface area contributed by atoms with E-state index in [9.17, 15) is 0 Å². The molecule has 3 heteroatoms. The Kier molecular flexibility index (Phi) is 3.66. The predicted molar refractivity (Wildman–Crippen MR) is 54.2 cm³/mol. The fraction of sp³-hybridized carbons (Fsp3) is 0.250. The molecule has 0 N–H and O–H groups in total. The molecule has 0 amide bonds. The molecule has 0 radical (unpaired) electrons. The number of hydrogen-bond acceptors (Lipinski definition) is 1. The predicted octanol–water partition coefficient (Wildman–Crippen LogP) is 1.67. The lowest BCUT2D eigenvalue weighted by molar-refractivity contribution is 0.414. The van der Waals surface area contributed by atoms with Crippen LogP contribution in [0.15, 0.2) is 24.3 Å². The van der Waals surface area contributed by atoms with Gasteiger partial charge >= 0.3 is 0 Å². The number of benzene rings is 1. The van der Waals surface area contributed by atoms with Crippen LogP contribution in [-0.2, 0) is 6.04 Å². The highest BCUT2D eigenvalue weighted by atomic mass is 79.9. The monoisotopic (exact) mass is 230 g/mol. The zero-order chi connectivity index (χ0) is 8.10. The summed E-state index contributed by atoms with van der Waals surface area (Å²) in [5, 5.41) is 0. The van der Waals surface area contributed by atoms with Crippen LogP contribution >= 0.6 is 15.3 Å². The van der Waals surface area contributed by atoms with Gasteiger partial charge in [0.1, 0.15) is 13.9 Å². The first-order valence-corrected chi connectivity index (χ1v) is 8.45. The van der Waals surface area contributed by atoms with Crippen molar-refractivity contribution in [2.75, 3.05) is 7.11 Å². The van der Waals surface area contributed by atoms with E-state index in [0.29, 0.717) is 0 Å². The van der Waals surface area contributed by atoms with Gasteiger partial charge in [-0.2, -0.15) is 0 Å². The van der Waals surface area contributed by atoms with Crippen LogP contribution in [-0.4, -0.2) is 15.2 Å². The summed E-state index contributed by atoms with van der Waals surface area (Å²) < 4.78 is 5.05. The van der Waals surface area contributed by atoms with Crippen molar-refractivity contribution in [3.05, 3.63) is 29.8 Å². The molecule has 0 aliphatic rings. The van der Waals surface area contributed by atoms with Gasteiger partial charge < -0.3 is 4.74 Å². The van der Waals surface area contributed by atoms with Crippen LogP contribution in [0.2, 0.25) is 0 Å². The van der Waals surface area contributed by atoms with Gasteiger partial charge in [0.05, 0.1) is 7.11 Å². The highest BCUT2D eigenvalue weighted by Crippen LogP contribution is 2.11. The Morgan fingerprint density at radius 3 is 2.45 bits per heavy atom. The first-order chi connectivity index (χ1) is 5.36. The third-order valence-electron chi connectivity index (χ3n) is 1.54. The van der Waals surface area contributed by atoms with Crippen molar-refractivity contribution >= 4 is 23.4 Å². The molecular formula is C8H11BrOSi. The van der Waals surface area contributed by atoms with Gasteiger partial charge in [-0.1, -0.05) is 17.7 Å². The largest absolute Gasteiger partial charge is 0.497 e. The average molecular weight is 231 g/mol.